The second-order valence-electron chi connectivity index (χ2n) is 2.15. The molecule has 1 aromatic carbocycles. The van der Waals surface area contributed by atoms with Crippen molar-refractivity contribution in [2.75, 3.05) is 0 Å². The fourth-order valence-electron chi connectivity index (χ4n) is 0.692. The molecule has 0 fully saturated rings. The predicted octanol–water partition coefficient (Wildman–Crippen LogP) is -2.33. The van der Waals surface area contributed by atoms with Crippen LogP contribution in [0.1, 0.15) is 0 Å². The van der Waals surface area contributed by atoms with E-state index in [2.05, 4.69) is 0 Å². The van der Waals surface area contributed by atoms with Crippen LogP contribution in [0.25, 0.3) is 0 Å². The molecule has 0 saturated carbocycles. The number of hydrogen-bond donors (Lipinski definition) is 2. The Kier molecular flexibility index (Phi) is 7.24. The van der Waals surface area contributed by atoms with E-state index in [9.17, 15) is 8.42 Å². The summed E-state index contributed by atoms with van der Waals surface area (Å²) in [5.41, 5.74) is 0.676. The third kappa shape index (κ3) is 6.58. The number of benzene rings is 1. The molecule has 1 rings (SSSR count). The highest BCUT2D eigenvalue weighted by Gasteiger charge is 2.03. The van der Waals surface area contributed by atoms with Gasteiger partial charge in [-0.15, -0.1) is 0 Å². The average Bonchev–Trinajstić information content (AvgIpc) is 2.02. The van der Waals surface area contributed by atoms with Crippen molar-refractivity contribution in [3.05, 3.63) is 30.3 Å². The van der Waals surface area contributed by atoms with Gasteiger partial charge in [0.05, 0.1) is 0 Å². The number of nitrogens with one attached hydrogen (secondary N) is 1. The van der Waals surface area contributed by atoms with Crippen LogP contribution in [-0.4, -0.2) is 31.3 Å². The third-order valence-corrected chi connectivity index (χ3v) is 1.59. The van der Waals surface area contributed by atoms with Crippen molar-refractivity contribution in [2.24, 2.45) is 0 Å². The van der Waals surface area contributed by atoms with Gasteiger partial charge in [-0.2, -0.15) is 8.42 Å². The van der Waals surface area contributed by atoms with Gasteiger partial charge in [0.25, 0.3) is 7.41 Å². The van der Waals surface area contributed by atoms with E-state index in [1.54, 1.807) is 24.3 Å². The molecule has 0 aliphatic rings. The van der Waals surface area contributed by atoms with Crippen LogP contribution < -0.4 is 10.1 Å². The Labute approximate surface area is 82.7 Å². The minimum atomic E-state index is -4.13. The molecule has 6 nitrogen and oxygen atoms in total. The Morgan fingerprint density at radius 2 is 1.64 bits per heavy atom. The van der Waals surface area contributed by atoms with Crippen LogP contribution in [0.3, 0.4) is 0 Å². The minimum absolute atomic E-state index is 0. The van der Waals surface area contributed by atoms with E-state index in [0.29, 0.717) is 5.46 Å². The zero-order valence-corrected chi connectivity index (χ0v) is 7.95. The first-order valence-electron chi connectivity index (χ1n) is 3.21. The summed E-state index contributed by atoms with van der Waals surface area (Å²) in [6.07, 6.45) is 0. The zero-order valence-electron chi connectivity index (χ0n) is 7.14. The van der Waals surface area contributed by atoms with Gasteiger partial charge in [-0.3, -0.25) is 4.55 Å². The summed E-state index contributed by atoms with van der Waals surface area (Å²) >= 11 is 0. The maximum Gasteiger partial charge on any atom is 0.323 e. The van der Waals surface area contributed by atoms with Gasteiger partial charge in [-0.25, -0.2) is 4.63 Å². The molecule has 79 valence electrons. The molecule has 0 spiro atoms. The predicted molar refractivity (Wildman–Crippen MR) is 53.7 cm³/mol. The van der Waals surface area contributed by atoms with Gasteiger partial charge in [0.1, 0.15) is 0 Å². The lowest BCUT2D eigenvalue weighted by Crippen LogP contribution is -2.34. The summed E-state index contributed by atoms with van der Waals surface area (Å²) in [5.74, 6) is 0. The molecule has 0 amide bonds. The molecule has 0 heterocycles. The topological polar surface area (TPSA) is 129 Å². The number of rotatable bonds is 3. The average molecular weight is 220 g/mol. The van der Waals surface area contributed by atoms with Gasteiger partial charge < -0.3 is 11.0 Å². The third-order valence-electron chi connectivity index (χ3n) is 1.17. The first kappa shape index (κ1) is 15.5. The lowest BCUT2D eigenvalue weighted by Gasteiger charge is -1.97. The lowest BCUT2D eigenvalue weighted by atomic mass is 9.85. The molecule has 6 N–H and O–H groups in total. The second kappa shape index (κ2) is 6.52. The van der Waals surface area contributed by atoms with Gasteiger partial charge in [-0.1, -0.05) is 35.8 Å². The lowest BCUT2D eigenvalue weighted by molar-refractivity contribution is 0.480. The van der Waals surface area contributed by atoms with E-state index >= 15 is 0 Å². The molecule has 1 aromatic rings. The SMILES string of the molecule is O.O.O=S(=O)(O)N[B]c1ccccc1. The van der Waals surface area contributed by atoms with Crippen LogP contribution in [0.4, 0.5) is 0 Å². The van der Waals surface area contributed by atoms with Crippen molar-refractivity contribution in [2.45, 2.75) is 0 Å². The van der Waals surface area contributed by atoms with Crippen LogP contribution in [0.5, 0.6) is 0 Å². The van der Waals surface area contributed by atoms with Crippen LogP contribution in [0.2, 0.25) is 0 Å². The standard InChI is InChI=1S/C6H7BNO3S.2H2O/c9-12(10,11)8-7-6-4-2-1-3-5-6;;/h1-5,8H,(H,9,10,11);2*1H2. The Balaban J connectivity index is 0. The summed E-state index contributed by atoms with van der Waals surface area (Å²) in [5, 5.41) is 0. The monoisotopic (exact) mass is 220 g/mol. The molecule has 0 aliphatic carbocycles. The van der Waals surface area contributed by atoms with Gasteiger partial charge in [0.15, 0.2) is 0 Å². The normalized spacial score (nSPS) is 9.50. The largest absolute Gasteiger partial charge is 0.412 e. The maximum absolute atomic E-state index is 10.2. The first-order chi connectivity index (χ1) is 5.58. The first-order valence-corrected chi connectivity index (χ1v) is 4.65. The molecule has 1 radical (unpaired) electrons. The highest BCUT2D eigenvalue weighted by Crippen LogP contribution is 1.80. The quantitative estimate of drug-likeness (QED) is 0.437. The van der Waals surface area contributed by atoms with Gasteiger partial charge in [-0.05, 0) is 0 Å². The van der Waals surface area contributed by atoms with Crippen molar-refractivity contribution in [3.8, 4) is 0 Å². The Morgan fingerprint density at radius 1 is 1.14 bits per heavy atom. The summed E-state index contributed by atoms with van der Waals surface area (Å²) in [6.45, 7) is 0. The molecule has 14 heavy (non-hydrogen) atoms. The maximum atomic E-state index is 10.2. The van der Waals surface area contributed by atoms with Crippen LogP contribution in [0, 0.1) is 0 Å². The molecule has 0 atom stereocenters. The van der Waals surface area contributed by atoms with E-state index in [0.717, 1.165) is 0 Å². The van der Waals surface area contributed by atoms with Crippen molar-refractivity contribution in [1.29, 1.82) is 0 Å². The molecule has 0 aliphatic heterocycles. The Morgan fingerprint density at radius 3 is 2.07 bits per heavy atom. The molecule has 0 saturated heterocycles. The second-order valence-corrected chi connectivity index (χ2v) is 3.33. The molecular weight excluding hydrogens is 209 g/mol. The molecule has 0 unspecified atom stereocenters. The molecule has 0 aromatic heterocycles. The van der Waals surface area contributed by atoms with Gasteiger partial charge >= 0.3 is 10.3 Å². The van der Waals surface area contributed by atoms with Crippen LogP contribution in [0.15, 0.2) is 30.3 Å². The van der Waals surface area contributed by atoms with E-state index in [4.69, 9.17) is 4.55 Å². The van der Waals surface area contributed by atoms with Crippen LogP contribution >= 0.6 is 0 Å². The summed E-state index contributed by atoms with van der Waals surface area (Å²) in [6, 6.07) is 8.75. The van der Waals surface area contributed by atoms with E-state index < -0.39 is 10.3 Å². The highest BCUT2D eigenvalue weighted by atomic mass is 32.2. The van der Waals surface area contributed by atoms with Crippen molar-refractivity contribution in [1.82, 2.24) is 4.63 Å². The van der Waals surface area contributed by atoms with Gasteiger partial charge in [0, 0.05) is 0 Å². The fourth-order valence-corrected chi connectivity index (χ4v) is 0.977. The Hall–Kier alpha value is -0.925. The van der Waals surface area contributed by atoms with Crippen molar-refractivity contribution in [3.63, 3.8) is 0 Å². The van der Waals surface area contributed by atoms with Crippen molar-refractivity contribution >= 4 is 23.2 Å². The summed E-state index contributed by atoms with van der Waals surface area (Å²) in [7, 11) is -2.92. The zero-order chi connectivity index (χ0) is 9.03. The molecule has 0 bridgehead atoms. The fraction of sp³-hybridized carbons (Fsp3) is 0. The van der Waals surface area contributed by atoms with Crippen LogP contribution in [-0.2, 0) is 10.3 Å². The van der Waals surface area contributed by atoms with E-state index in [1.165, 1.54) is 7.41 Å². The number of hydrogen-bond acceptors (Lipinski definition) is 2. The minimum Gasteiger partial charge on any atom is -0.412 e. The smallest absolute Gasteiger partial charge is 0.323 e. The van der Waals surface area contributed by atoms with Crippen molar-refractivity contribution < 1.29 is 23.9 Å². The molecule has 8 heteroatoms. The Bertz CT molecular complexity index is 340. The van der Waals surface area contributed by atoms with Gasteiger partial charge in [0.2, 0.25) is 0 Å². The van der Waals surface area contributed by atoms with E-state index in [-0.39, 0.29) is 11.0 Å². The molecular formula is C6H11BNO5S. The van der Waals surface area contributed by atoms with E-state index in [1.807, 2.05) is 10.7 Å². The summed E-state index contributed by atoms with van der Waals surface area (Å²) in [4.78, 5) is 0. The summed E-state index contributed by atoms with van der Waals surface area (Å²) < 4.78 is 30.6. The highest BCUT2D eigenvalue weighted by molar-refractivity contribution is 7.84.